The first-order chi connectivity index (χ1) is 13.5. The van der Waals surface area contributed by atoms with E-state index in [9.17, 15) is 14.9 Å². The summed E-state index contributed by atoms with van der Waals surface area (Å²) in [5.74, 6) is 0.200. The van der Waals surface area contributed by atoms with Crippen molar-refractivity contribution >= 4 is 29.4 Å². The predicted octanol–water partition coefficient (Wildman–Crippen LogP) is 4.08. The molecule has 0 aliphatic heterocycles. The number of carbonyl (C=O) groups is 1. The molecule has 8 heteroatoms. The zero-order valence-corrected chi connectivity index (χ0v) is 15.0. The van der Waals surface area contributed by atoms with Crippen molar-refractivity contribution in [1.82, 2.24) is 5.16 Å². The van der Waals surface area contributed by atoms with Crippen LogP contribution in [0.2, 0.25) is 0 Å². The Morgan fingerprint density at radius 3 is 2.64 bits per heavy atom. The van der Waals surface area contributed by atoms with E-state index in [1.165, 1.54) is 13.0 Å². The number of ether oxygens (including phenoxy) is 1. The number of rotatable bonds is 7. The molecule has 1 amide bonds. The molecule has 0 atom stereocenters. The Balaban J connectivity index is 1.70. The lowest BCUT2D eigenvalue weighted by Gasteiger charge is -2.09. The second-order valence-electron chi connectivity index (χ2n) is 5.81. The zero-order chi connectivity index (χ0) is 19.9. The molecule has 0 radical (unpaired) electrons. The van der Waals surface area contributed by atoms with Crippen molar-refractivity contribution in [3.05, 3.63) is 81.7 Å². The van der Waals surface area contributed by atoms with E-state index < -0.39 is 4.92 Å². The average Bonchev–Trinajstić information content (AvgIpc) is 3.07. The smallest absolute Gasteiger partial charge is 0.338 e. The molecule has 1 heterocycles. The molecular weight excluding hydrogens is 362 g/mol. The molecule has 0 spiro atoms. The van der Waals surface area contributed by atoms with E-state index in [1.54, 1.807) is 42.5 Å². The fourth-order valence-electron chi connectivity index (χ4n) is 2.49. The van der Waals surface area contributed by atoms with Crippen LogP contribution in [0.5, 0.6) is 5.75 Å². The Hall–Kier alpha value is -3.94. The van der Waals surface area contributed by atoms with Gasteiger partial charge in [0, 0.05) is 11.3 Å². The maximum absolute atomic E-state index is 12.0. The first-order valence-corrected chi connectivity index (χ1v) is 8.40. The highest BCUT2D eigenvalue weighted by Crippen LogP contribution is 2.26. The molecule has 0 aliphatic rings. The van der Waals surface area contributed by atoms with E-state index in [0.29, 0.717) is 17.0 Å². The van der Waals surface area contributed by atoms with E-state index in [0.717, 1.165) is 0 Å². The molecule has 0 bridgehead atoms. The molecule has 0 saturated heterocycles. The molecule has 8 nitrogen and oxygen atoms in total. The monoisotopic (exact) mass is 379 g/mol. The third kappa shape index (κ3) is 4.61. The van der Waals surface area contributed by atoms with Crippen molar-refractivity contribution in [2.75, 3.05) is 11.9 Å². The number of nitro groups is 1. The van der Waals surface area contributed by atoms with Crippen LogP contribution in [0.25, 0.3) is 12.2 Å². The number of anilines is 1. The van der Waals surface area contributed by atoms with Crippen LogP contribution in [0.1, 0.15) is 17.0 Å². The summed E-state index contributed by atoms with van der Waals surface area (Å²) in [4.78, 5) is 22.6. The second-order valence-corrected chi connectivity index (χ2v) is 5.81. The van der Waals surface area contributed by atoms with E-state index in [2.05, 4.69) is 10.5 Å². The highest BCUT2D eigenvalue weighted by Gasteiger charge is 2.22. The highest BCUT2D eigenvalue weighted by atomic mass is 16.6. The molecule has 1 aromatic heterocycles. The van der Waals surface area contributed by atoms with Gasteiger partial charge in [-0.1, -0.05) is 41.6 Å². The van der Waals surface area contributed by atoms with Crippen molar-refractivity contribution in [3.8, 4) is 5.75 Å². The topological polar surface area (TPSA) is 108 Å². The van der Waals surface area contributed by atoms with Gasteiger partial charge in [0.25, 0.3) is 5.91 Å². The number of aryl methyl sites for hydroxylation is 1. The lowest BCUT2D eigenvalue weighted by molar-refractivity contribution is -0.386. The minimum absolute atomic E-state index is 0.0409. The molecule has 28 heavy (non-hydrogen) atoms. The lowest BCUT2D eigenvalue weighted by Crippen LogP contribution is -2.20. The quantitative estimate of drug-likeness (QED) is 0.489. The van der Waals surface area contributed by atoms with Gasteiger partial charge in [0.1, 0.15) is 5.75 Å². The Labute approximate surface area is 160 Å². The van der Waals surface area contributed by atoms with Gasteiger partial charge in [0.15, 0.2) is 12.3 Å². The number of hydrogen-bond donors (Lipinski definition) is 1. The summed E-state index contributed by atoms with van der Waals surface area (Å²) in [5.41, 5.74) is 1.33. The van der Waals surface area contributed by atoms with Gasteiger partial charge in [0.2, 0.25) is 5.76 Å². The summed E-state index contributed by atoms with van der Waals surface area (Å²) in [7, 11) is 0. The van der Waals surface area contributed by atoms with Gasteiger partial charge < -0.3 is 14.6 Å². The van der Waals surface area contributed by atoms with Crippen LogP contribution >= 0.6 is 0 Å². The average molecular weight is 379 g/mol. The summed E-state index contributed by atoms with van der Waals surface area (Å²) >= 11 is 0. The molecule has 1 N–H and O–H groups in total. The van der Waals surface area contributed by atoms with Gasteiger partial charge in [-0.3, -0.25) is 14.9 Å². The van der Waals surface area contributed by atoms with Crippen LogP contribution in [-0.2, 0) is 4.79 Å². The number of nitrogens with zero attached hydrogens (tertiary/aromatic N) is 2. The predicted molar refractivity (Wildman–Crippen MR) is 104 cm³/mol. The molecule has 3 aromatic rings. The Bertz CT molecular complexity index is 1010. The molecule has 142 valence electrons. The minimum atomic E-state index is -0.540. The molecule has 0 saturated carbocycles. The summed E-state index contributed by atoms with van der Waals surface area (Å²) < 4.78 is 10.6. The Morgan fingerprint density at radius 1 is 1.18 bits per heavy atom. The van der Waals surface area contributed by atoms with Crippen molar-refractivity contribution in [2.45, 2.75) is 6.92 Å². The van der Waals surface area contributed by atoms with Gasteiger partial charge >= 0.3 is 5.69 Å². The molecule has 0 fully saturated rings. The summed E-state index contributed by atoms with van der Waals surface area (Å²) in [6.07, 6.45) is 3.06. The van der Waals surface area contributed by atoms with Gasteiger partial charge in [-0.15, -0.1) is 0 Å². The maximum Gasteiger partial charge on any atom is 0.338 e. The van der Waals surface area contributed by atoms with Gasteiger partial charge in [0.05, 0.1) is 4.92 Å². The highest BCUT2D eigenvalue weighted by molar-refractivity contribution is 5.91. The van der Waals surface area contributed by atoms with E-state index in [-0.39, 0.29) is 29.7 Å². The number of aromatic nitrogens is 1. The van der Waals surface area contributed by atoms with Crippen molar-refractivity contribution in [3.63, 3.8) is 0 Å². The fraction of sp³-hybridized carbons (Fsp3) is 0.100. The van der Waals surface area contributed by atoms with Crippen LogP contribution in [0, 0.1) is 17.0 Å². The molecular formula is C20H17N3O5. The van der Waals surface area contributed by atoms with E-state index in [4.69, 9.17) is 9.26 Å². The first-order valence-electron chi connectivity index (χ1n) is 8.40. The largest absolute Gasteiger partial charge is 0.483 e. The fourth-order valence-corrected chi connectivity index (χ4v) is 2.49. The van der Waals surface area contributed by atoms with Crippen molar-refractivity contribution in [1.29, 1.82) is 0 Å². The number of para-hydroxylation sites is 2. The lowest BCUT2D eigenvalue weighted by atomic mass is 10.1. The Kier molecular flexibility index (Phi) is 5.81. The number of amides is 1. The third-order valence-corrected chi connectivity index (χ3v) is 3.79. The van der Waals surface area contributed by atoms with Gasteiger partial charge in [-0.25, -0.2) is 0 Å². The Morgan fingerprint density at radius 2 is 1.89 bits per heavy atom. The first kappa shape index (κ1) is 18.8. The van der Waals surface area contributed by atoms with Gasteiger partial charge in [-0.05, 0) is 37.3 Å². The summed E-state index contributed by atoms with van der Waals surface area (Å²) in [5, 5.41) is 17.5. The SMILES string of the molecule is Cc1noc(/C=C/c2ccccc2OCC(=O)Nc2ccccc2)c1[N+](=O)[O-]. The number of carbonyl (C=O) groups excluding carboxylic acids is 1. The molecule has 0 unspecified atom stereocenters. The molecule has 0 aliphatic carbocycles. The maximum atomic E-state index is 12.0. The van der Waals surface area contributed by atoms with E-state index in [1.807, 2.05) is 18.2 Å². The second kappa shape index (κ2) is 8.63. The van der Waals surface area contributed by atoms with Crippen molar-refractivity contribution < 1.29 is 19.0 Å². The van der Waals surface area contributed by atoms with E-state index >= 15 is 0 Å². The number of benzene rings is 2. The summed E-state index contributed by atoms with van der Waals surface area (Å²) in [6.45, 7) is 1.32. The van der Waals surface area contributed by atoms with Crippen LogP contribution in [0.3, 0.4) is 0 Å². The normalized spacial score (nSPS) is 10.8. The third-order valence-electron chi connectivity index (χ3n) is 3.79. The molecule has 3 rings (SSSR count). The summed E-state index contributed by atoms with van der Waals surface area (Å²) in [6, 6.07) is 16.1. The zero-order valence-electron chi connectivity index (χ0n) is 15.0. The van der Waals surface area contributed by atoms with Crippen LogP contribution in [0.15, 0.2) is 59.1 Å². The number of hydrogen-bond acceptors (Lipinski definition) is 6. The minimum Gasteiger partial charge on any atom is -0.483 e. The van der Waals surface area contributed by atoms with Crippen LogP contribution in [0.4, 0.5) is 11.4 Å². The van der Waals surface area contributed by atoms with Gasteiger partial charge in [-0.2, -0.15) is 0 Å². The molecule has 2 aromatic carbocycles. The van der Waals surface area contributed by atoms with Crippen LogP contribution in [-0.4, -0.2) is 22.6 Å². The number of nitrogens with one attached hydrogen (secondary N) is 1. The van der Waals surface area contributed by atoms with Crippen molar-refractivity contribution in [2.24, 2.45) is 0 Å². The van der Waals surface area contributed by atoms with Crippen LogP contribution < -0.4 is 10.1 Å². The standard InChI is InChI=1S/C20H17N3O5/c1-14-20(23(25)26)18(28-22-14)12-11-15-7-5-6-10-17(15)27-13-19(24)21-16-8-3-2-4-9-16/h2-12H,13H2,1H3,(H,21,24)/b12-11+.